The van der Waals surface area contributed by atoms with Crippen molar-refractivity contribution >= 4 is 5.97 Å². The monoisotopic (exact) mass is 279 g/mol. The average Bonchev–Trinajstić information content (AvgIpc) is 3.00. The van der Waals surface area contributed by atoms with Crippen LogP contribution in [0.5, 0.6) is 0 Å². The smallest absolute Gasteiger partial charge is 0.316 e. The summed E-state index contributed by atoms with van der Waals surface area (Å²) in [5, 5.41) is 4.54. The highest BCUT2D eigenvalue weighted by atomic mass is 16.5. The molecule has 0 bridgehead atoms. The maximum Gasteiger partial charge on any atom is 0.316 e. The van der Waals surface area contributed by atoms with Crippen LogP contribution < -0.4 is 0 Å². The first-order valence-corrected chi connectivity index (χ1v) is 7.62. The molecule has 0 saturated heterocycles. The van der Waals surface area contributed by atoms with E-state index >= 15 is 0 Å². The van der Waals surface area contributed by atoms with Crippen molar-refractivity contribution < 1.29 is 9.53 Å². The normalized spacial score (nSPS) is 17.6. The molecule has 1 aliphatic rings. The summed E-state index contributed by atoms with van der Waals surface area (Å²) in [4.78, 5) is 16.8. The largest absolute Gasteiger partial charge is 0.465 e. The van der Waals surface area contributed by atoms with E-state index in [1.807, 2.05) is 27.8 Å². The molecule has 5 heteroatoms. The van der Waals surface area contributed by atoms with Crippen LogP contribution in [0.25, 0.3) is 0 Å². The van der Waals surface area contributed by atoms with Gasteiger partial charge in [-0.05, 0) is 25.7 Å². The van der Waals surface area contributed by atoms with E-state index in [-0.39, 0.29) is 17.8 Å². The summed E-state index contributed by atoms with van der Waals surface area (Å²) in [6.45, 7) is 6.27. The highest BCUT2D eigenvalue weighted by molar-refractivity contribution is 5.77. The Hall–Kier alpha value is -1.39. The van der Waals surface area contributed by atoms with Crippen molar-refractivity contribution in [2.45, 2.75) is 58.3 Å². The van der Waals surface area contributed by atoms with Gasteiger partial charge in [-0.3, -0.25) is 9.48 Å². The zero-order valence-electron chi connectivity index (χ0n) is 12.9. The van der Waals surface area contributed by atoms with Crippen LogP contribution in [0.3, 0.4) is 0 Å². The molecule has 1 saturated carbocycles. The minimum Gasteiger partial charge on any atom is -0.465 e. The van der Waals surface area contributed by atoms with E-state index in [0.717, 1.165) is 24.5 Å². The predicted molar refractivity (Wildman–Crippen MR) is 76.4 cm³/mol. The van der Waals surface area contributed by atoms with Gasteiger partial charge in [-0.15, -0.1) is 0 Å². The van der Waals surface area contributed by atoms with Crippen LogP contribution in [0.1, 0.15) is 69.9 Å². The Morgan fingerprint density at radius 3 is 2.60 bits per heavy atom. The minimum atomic E-state index is -0.331. The number of hydrogen-bond acceptors (Lipinski definition) is 4. The van der Waals surface area contributed by atoms with Gasteiger partial charge in [-0.25, -0.2) is 4.98 Å². The fraction of sp³-hybridized carbons (Fsp3) is 0.800. The van der Waals surface area contributed by atoms with Crippen molar-refractivity contribution in [1.29, 1.82) is 0 Å². The number of aryl methyl sites for hydroxylation is 1. The molecule has 0 aliphatic heterocycles. The Kier molecular flexibility index (Phi) is 4.78. The van der Waals surface area contributed by atoms with Gasteiger partial charge in [0.05, 0.1) is 6.61 Å². The molecule has 1 aromatic rings. The third-order valence-electron chi connectivity index (χ3n) is 4.02. The second-order valence-electron chi connectivity index (χ2n) is 5.91. The number of ether oxygens (including phenoxy) is 1. The highest BCUT2D eigenvalue weighted by Crippen LogP contribution is 2.33. The van der Waals surface area contributed by atoms with Gasteiger partial charge < -0.3 is 4.74 Å². The molecule has 0 amide bonds. The Morgan fingerprint density at radius 1 is 1.40 bits per heavy atom. The van der Waals surface area contributed by atoms with Gasteiger partial charge in [0.25, 0.3) is 0 Å². The highest BCUT2D eigenvalue weighted by Gasteiger charge is 2.32. The molecule has 0 spiro atoms. The number of carbonyl (C=O) groups is 1. The Bertz CT molecular complexity index is 462. The van der Waals surface area contributed by atoms with E-state index < -0.39 is 0 Å². The number of hydrogen-bond donors (Lipinski definition) is 0. The molecule has 112 valence electrons. The van der Waals surface area contributed by atoms with E-state index in [1.165, 1.54) is 12.8 Å². The Labute approximate surface area is 120 Å². The van der Waals surface area contributed by atoms with Crippen LogP contribution in [0.15, 0.2) is 0 Å². The first-order chi connectivity index (χ1) is 9.54. The first kappa shape index (κ1) is 15.0. The average molecular weight is 279 g/mol. The molecular weight excluding hydrogens is 254 g/mol. The SMILES string of the molecule is CCOC(=O)C(c1nc(C2CCCC2)nn1C)C(C)C. The van der Waals surface area contributed by atoms with Gasteiger partial charge in [0.2, 0.25) is 0 Å². The van der Waals surface area contributed by atoms with Crippen LogP contribution in [0.2, 0.25) is 0 Å². The lowest BCUT2D eigenvalue weighted by Gasteiger charge is -2.17. The molecule has 1 unspecified atom stereocenters. The van der Waals surface area contributed by atoms with Crippen LogP contribution in [0.4, 0.5) is 0 Å². The van der Waals surface area contributed by atoms with Crippen molar-refractivity contribution in [3.05, 3.63) is 11.6 Å². The summed E-state index contributed by atoms with van der Waals surface area (Å²) in [5.41, 5.74) is 0. The molecule has 0 aromatic carbocycles. The van der Waals surface area contributed by atoms with E-state index in [2.05, 4.69) is 10.1 Å². The van der Waals surface area contributed by atoms with Crippen LogP contribution in [-0.4, -0.2) is 27.3 Å². The molecule has 1 fully saturated rings. The molecule has 2 rings (SSSR count). The summed E-state index contributed by atoms with van der Waals surface area (Å²) in [6, 6.07) is 0. The Morgan fingerprint density at radius 2 is 2.05 bits per heavy atom. The van der Waals surface area contributed by atoms with Gasteiger partial charge in [0.15, 0.2) is 5.82 Å². The molecular formula is C15H25N3O2. The number of rotatable bonds is 5. The van der Waals surface area contributed by atoms with Gasteiger partial charge in [-0.2, -0.15) is 5.10 Å². The molecule has 5 nitrogen and oxygen atoms in total. The molecule has 1 heterocycles. The van der Waals surface area contributed by atoms with E-state index in [4.69, 9.17) is 4.74 Å². The number of esters is 1. The second kappa shape index (κ2) is 6.37. The van der Waals surface area contributed by atoms with Crippen molar-refractivity contribution in [2.75, 3.05) is 6.61 Å². The third kappa shape index (κ3) is 3.02. The molecule has 0 N–H and O–H groups in total. The number of nitrogens with zero attached hydrogens (tertiary/aromatic N) is 3. The summed E-state index contributed by atoms with van der Waals surface area (Å²) < 4.78 is 6.95. The predicted octanol–water partition coefficient (Wildman–Crippen LogP) is 2.78. The minimum absolute atomic E-state index is 0.147. The van der Waals surface area contributed by atoms with Crippen molar-refractivity contribution in [2.24, 2.45) is 13.0 Å². The zero-order valence-corrected chi connectivity index (χ0v) is 12.9. The van der Waals surface area contributed by atoms with Gasteiger partial charge in [-0.1, -0.05) is 26.7 Å². The van der Waals surface area contributed by atoms with Gasteiger partial charge in [0.1, 0.15) is 11.7 Å². The molecule has 0 radical (unpaired) electrons. The quantitative estimate of drug-likeness (QED) is 0.778. The van der Waals surface area contributed by atoms with Crippen LogP contribution in [0, 0.1) is 5.92 Å². The lowest BCUT2D eigenvalue weighted by Crippen LogP contribution is -2.24. The zero-order chi connectivity index (χ0) is 14.7. The number of carbonyl (C=O) groups excluding carboxylic acids is 1. The van der Waals surface area contributed by atoms with E-state index in [1.54, 1.807) is 4.68 Å². The number of aromatic nitrogens is 3. The van der Waals surface area contributed by atoms with E-state index in [9.17, 15) is 4.79 Å². The molecule has 1 aliphatic carbocycles. The third-order valence-corrected chi connectivity index (χ3v) is 4.02. The fourth-order valence-electron chi connectivity index (χ4n) is 2.95. The first-order valence-electron chi connectivity index (χ1n) is 7.62. The molecule has 1 aromatic heterocycles. The second-order valence-corrected chi connectivity index (χ2v) is 5.91. The maximum absolute atomic E-state index is 12.2. The summed E-state index contributed by atoms with van der Waals surface area (Å²) in [6.07, 6.45) is 4.83. The van der Waals surface area contributed by atoms with Crippen LogP contribution >= 0.6 is 0 Å². The summed E-state index contributed by atoms with van der Waals surface area (Å²) in [7, 11) is 1.87. The lowest BCUT2D eigenvalue weighted by atomic mass is 9.95. The summed E-state index contributed by atoms with van der Waals surface area (Å²) >= 11 is 0. The topological polar surface area (TPSA) is 57.0 Å². The standard InChI is InChI=1S/C15H25N3O2/c1-5-20-15(19)12(10(2)3)14-16-13(17-18(14)4)11-8-6-7-9-11/h10-12H,5-9H2,1-4H3. The van der Waals surface area contributed by atoms with Gasteiger partial charge >= 0.3 is 5.97 Å². The van der Waals surface area contributed by atoms with Crippen LogP contribution in [-0.2, 0) is 16.6 Å². The van der Waals surface area contributed by atoms with Crippen molar-refractivity contribution in [3.8, 4) is 0 Å². The molecule has 20 heavy (non-hydrogen) atoms. The van der Waals surface area contributed by atoms with Crippen molar-refractivity contribution in [1.82, 2.24) is 14.8 Å². The lowest BCUT2D eigenvalue weighted by molar-refractivity contribution is -0.146. The van der Waals surface area contributed by atoms with Gasteiger partial charge in [0, 0.05) is 13.0 Å². The van der Waals surface area contributed by atoms with Crippen molar-refractivity contribution in [3.63, 3.8) is 0 Å². The Balaban J connectivity index is 2.26. The maximum atomic E-state index is 12.2. The summed E-state index contributed by atoms with van der Waals surface area (Å²) in [5.74, 6) is 1.72. The molecule has 1 atom stereocenters. The van der Waals surface area contributed by atoms with E-state index in [0.29, 0.717) is 12.5 Å². The fourth-order valence-corrected chi connectivity index (χ4v) is 2.95.